The van der Waals surface area contributed by atoms with Gasteiger partial charge in [0.1, 0.15) is 5.69 Å². The number of carbonyl (C=O) groups excluding carboxylic acids is 1. The maximum atomic E-state index is 11.9. The maximum Gasteiger partial charge on any atom is 0.275 e. The molecule has 1 aromatic heterocycles. The second-order valence-electron chi connectivity index (χ2n) is 3.75. The molecule has 1 heterocycles. The molecule has 0 bridgehead atoms. The van der Waals surface area contributed by atoms with Gasteiger partial charge in [-0.3, -0.25) is 4.79 Å². The van der Waals surface area contributed by atoms with Crippen molar-refractivity contribution < 1.29 is 4.79 Å². The quantitative estimate of drug-likeness (QED) is 0.819. The van der Waals surface area contributed by atoms with Crippen molar-refractivity contribution >= 4 is 34.2 Å². The van der Waals surface area contributed by atoms with E-state index < -0.39 is 0 Å². The van der Waals surface area contributed by atoms with E-state index in [0.717, 1.165) is 9.26 Å². The molecule has 0 spiro atoms. The maximum absolute atomic E-state index is 11.9. The minimum atomic E-state index is -0.216. The fraction of sp³-hybridized carbons (Fsp3) is 0.167. The van der Waals surface area contributed by atoms with Gasteiger partial charge in [0.25, 0.3) is 5.91 Å². The first kappa shape index (κ1) is 13.0. The second kappa shape index (κ2) is 5.96. The Bertz CT molecular complexity index is 535. The van der Waals surface area contributed by atoms with Crippen molar-refractivity contribution in [1.29, 1.82) is 0 Å². The Kier molecular flexibility index (Phi) is 4.32. The number of nitrogens with zero attached hydrogens (tertiary/aromatic N) is 2. The number of amides is 1. The minimum Gasteiger partial charge on any atom is -0.335 e. The molecule has 6 heteroatoms. The summed E-state index contributed by atoms with van der Waals surface area (Å²) in [6, 6.07) is 7.58. The molecule has 0 saturated carbocycles. The van der Waals surface area contributed by atoms with Gasteiger partial charge in [-0.1, -0.05) is 0 Å². The third kappa shape index (κ3) is 3.30. The Labute approximate surface area is 119 Å². The molecule has 0 aliphatic rings. The lowest BCUT2D eigenvalue weighted by atomic mass is 10.3. The molecule has 0 radical (unpaired) electrons. The highest BCUT2D eigenvalue weighted by Crippen LogP contribution is 2.12. The van der Waals surface area contributed by atoms with Crippen LogP contribution in [0.2, 0.25) is 0 Å². The lowest BCUT2D eigenvalue weighted by Gasteiger charge is -2.02. The molecule has 0 fully saturated rings. The summed E-state index contributed by atoms with van der Waals surface area (Å²) in [4.78, 5) is 15.9. The van der Waals surface area contributed by atoms with E-state index in [0.29, 0.717) is 18.8 Å². The lowest BCUT2D eigenvalue weighted by molar-refractivity contribution is 0.102. The summed E-state index contributed by atoms with van der Waals surface area (Å²) < 4.78 is 2.92. The van der Waals surface area contributed by atoms with Crippen molar-refractivity contribution in [1.82, 2.24) is 9.55 Å². The van der Waals surface area contributed by atoms with E-state index in [1.54, 1.807) is 17.1 Å². The van der Waals surface area contributed by atoms with Crippen molar-refractivity contribution in [3.63, 3.8) is 0 Å². The average Bonchev–Trinajstić information content (AvgIpc) is 2.81. The number of imidazole rings is 1. The summed E-state index contributed by atoms with van der Waals surface area (Å²) in [5.74, 6) is -0.216. The van der Waals surface area contributed by atoms with Crippen LogP contribution in [0.15, 0.2) is 36.8 Å². The third-order valence-electron chi connectivity index (χ3n) is 2.36. The van der Waals surface area contributed by atoms with E-state index in [-0.39, 0.29) is 5.91 Å². The fourth-order valence-corrected chi connectivity index (χ4v) is 1.84. The average molecular weight is 356 g/mol. The molecular formula is C12H13IN4O. The van der Waals surface area contributed by atoms with Crippen LogP contribution in [0.1, 0.15) is 10.5 Å². The molecule has 18 heavy (non-hydrogen) atoms. The van der Waals surface area contributed by atoms with E-state index >= 15 is 0 Å². The molecule has 0 aliphatic carbocycles. The van der Waals surface area contributed by atoms with Crippen molar-refractivity contribution in [2.24, 2.45) is 5.73 Å². The van der Waals surface area contributed by atoms with Crippen LogP contribution in [-0.4, -0.2) is 22.0 Å². The summed E-state index contributed by atoms with van der Waals surface area (Å²) in [5.41, 5.74) is 6.58. The summed E-state index contributed by atoms with van der Waals surface area (Å²) >= 11 is 2.21. The minimum absolute atomic E-state index is 0.216. The molecular weight excluding hydrogens is 343 g/mol. The molecule has 0 aliphatic heterocycles. The molecule has 94 valence electrons. The molecule has 0 unspecified atom stereocenters. The number of anilines is 1. The highest BCUT2D eigenvalue weighted by molar-refractivity contribution is 14.1. The predicted molar refractivity (Wildman–Crippen MR) is 78.4 cm³/mol. The largest absolute Gasteiger partial charge is 0.335 e. The summed E-state index contributed by atoms with van der Waals surface area (Å²) in [6.07, 6.45) is 3.30. The van der Waals surface area contributed by atoms with E-state index in [4.69, 9.17) is 5.73 Å². The third-order valence-corrected chi connectivity index (χ3v) is 3.07. The molecule has 0 atom stereocenters. The number of hydrogen-bond acceptors (Lipinski definition) is 3. The van der Waals surface area contributed by atoms with Gasteiger partial charge >= 0.3 is 0 Å². The van der Waals surface area contributed by atoms with E-state index in [1.807, 2.05) is 24.3 Å². The van der Waals surface area contributed by atoms with E-state index in [2.05, 4.69) is 32.9 Å². The molecule has 3 N–H and O–H groups in total. The highest BCUT2D eigenvalue weighted by Gasteiger charge is 2.09. The second-order valence-corrected chi connectivity index (χ2v) is 4.99. The predicted octanol–water partition coefficient (Wildman–Crippen LogP) is 1.70. The molecule has 5 nitrogen and oxygen atoms in total. The number of aromatic nitrogens is 2. The number of halogens is 1. The Morgan fingerprint density at radius 1 is 1.39 bits per heavy atom. The van der Waals surface area contributed by atoms with Gasteiger partial charge < -0.3 is 15.6 Å². The van der Waals surface area contributed by atoms with Crippen LogP contribution in [0.3, 0.4) is 0 Å². The zero-order chi connectivity index (χ0) is 13.0. The van der Waals surface area contributed by atoms with Gasteiger partial charge in [0.2, 0.25) is 0 Å². The van der Waals surface area contributed by atoms with Gasteiger partial charge in [-0.25, -0.2) is 4.98 Å². The first-order chi connectivity index (χ1) is 8.69. The molecule has 1 amide bonds. The van der Waals surface area contributed by atoms with Crippen LogP contribution in [0.25, 0.3) is 0 Å². The van der Waals surface area contributed by atoms with Crippen LogP contribution in [-0.2, 0) is 6.54 Å². The van der Waals surface area contributed by atoms with Crippen molar-refractivity contribution in [2.75, 3.05) is 11.9 Å². The van der Waals surface area contributed by atoms with Crippen LogP contribution < -0.4 is 11.1 Å². The Balaban J connectivity index is 2.04. The summed E-state index contributed by atoms with van der Waals surface area (Å²) in [7, 11) is 0. The molecule has 1 aromatic carbocycles. The monoisotopic (exact) mass is 356 g/mol. The zero-order valence-electron chi connectivity index (χ0n) is 9.64. The van der Waals surface area contributed by atoms with E-state index in [1.165, 1.54) is 0 Å². The Morgan fingerprint density at radius 3 is 2.78 bits per heavy atom. The SMILES string of the molecule is NCCn1cnc(C(=O)Nc2ccc(I)cc2)c1. The smallest absolute Gasteiger partial charge is 0.275 e. The highest BCUT2D eigenvalue weighted by atomic mass is 127. The van der Waals surface area contributed by atoms with Gasteiger partial charge in [0.15, 0.2) is 0 Å². The van der Waals surface area contributed by atoms with Crippen LogP contribution in [0.5, 0.6) is 0 Å². The van der Waals surface area contributed by atoms with Gasteiger partial charge in [-0.05, 0) is 46.9 Å². The Hall–Kier alpha value is -1.41. The van der Waals surface area contributed by atoms with Crippen LogP contribution >= 0.6 is 22.6 Å². The van der Waals surface area contributed by atoms with Crippen molar-refractivity contribution in [3.8, 4) is 0 Å². The van der Waals surface area contributed by atoms with Gasteiger partial charge in [-0.2, -0.15) is 0 Å². The number of hydrogen-bond donors (Lipinski definition) is 2. The number of carbonyl (C=O) groups is 1. The fourth-order valence-electron chi connectivity index (χ4n) is 1.48. The normalized spacial score (nSPS) is 10.3. The van der Waals surface area contributed by atoms with Gasteiger partial charge in [-0.15, -0.1) is 0 Å². The lowest BCUT2D eigenvalue weighted by Crippen LogP contribution is -2.12. The number of nitrogens with two attached hydrogens (primary N) is 1. The number of rotatable bonds is 4. The van der Waals surface area contributed by atoms with Gasteiger partial charge in [0.05, 0.1) is 6.33 Å². The first-order valence-corrected chi connectivity index (χ1v) is 6.55. The molecule has 0 saturated heterocycles. The van der Waals surface area contributed by atoms with Crippen molar-refractivity contribution in [3.05, 3.63) is 46.1 Å². The van der Waals surface area contributed by atoms with Crippen LogP contribution in [0.4, 0.5) is 5.69 Å². The topological polar surface area (TPSA) is 72.9 Å². The summed E-state index contributed by atoms with van der Waals surface area (Å²) in [5, 5.41) is 2.79. The number of benzene rings is 1. The summed E-state index contributed by atoms with van der Waals surface area (Å²) in [6.45, 7) is 1.18. The standard InChI is InChI=1S/C12H13IN4O/c13-9-1-3-10(4-2-9)16-12(18)11-7-17(6-5-14)8-15-11/h1-4,7-8H,5-6,14H2,(H,16,18). The molecule has 2 rings (SSSR count). The first-order valence-electron chi connectivity index (χ1n) is 5.48. The number of nitrogens with one attached hydrogen (secondary N) is 1. The van der Waals surface area contributed by atoms with Crippen molar-refractivity contribution in [2.45, 2.75) is 6.54 Å². The van der Waals surface area contributed by atoms with Crippen LogP contribution in [0, 0.1) is 3.57 Å². The van der Waals surface area contributed by atoms with E-state index in [9.17, 15) is 4.79 Å². The van der Waals surface area contributed by atoms with Gasteiger partial charge in [0, 0.05) is 28.5 Å². The zero-order valence-corrected chi connectivity index (χ0v) is 11.8. The molecule has 2 aromatic rings. The Morgan fingerprint density at radius 2 is 2.11 bits per heavy atom.